The van der Waals surface area contributed by atoms with Crippen molar-refractivity contribution in [3.63, 3.8) is 0 Å². The molecule has 78 valence electrons. The van der Waals surface area contributed by atoms with E-state index in [1.54, 1.807) is 6.92 Å². The molecule has 0 aliphatic rings. The molecule has 0 fully saturated rings. The van der Waals surface area contributed by atoms with Gasteiger partial charge in [-0.05, 0) is 35.6 Å². The molecule has 1 aromatic heterocycles. The number of fused-ring (bicyclic) bond motifs is 1. The van der Waals surface area contributed by atoms with E-state index in [1.165, 1.54) is 0 Å². The van der Waals surface area contributed by atoms with Crippen LogP contribution in [-0.4, -0.2) is 12.6 Å². The Hall–Kier alpha value is -1.04. The number of halogens is 1. The lowest BCUT2D eigenvalue weighted by Crippen LogP contribution is -2.04. The molecular weight excluding hydrogens is 307 g/mol. The van der Waals surface area contributed by atoms with Gasteiger partial charge in [-0.25, -0.2) is 4.79 Å². The monoisotopic (exact) mass is 316 g/mol. The minimum Gasteiger partial charge on any atom is -0.460 e. The van der Waals surface area contributed by atoms with Gasteiger partial charge >= 0.3 is 5.97 Å². The van der Waals surface area contributed by atoms with E-state index >= 15 is 0 Å². The standard InChI is InChI=1S/C11H9IO3/c1-2-14-11(13)10-9(12)7-5-3-4-6-8(7)15-10/h3-6H,2H2,1H3. The van der Waals surface area contributed by atoms with Crippen molar-refractivity contribution in [3.05, 3.63) is 33.6 Å². The first kappa shape index (κ1) is 10.5. The van der Waals surface area contributed by atoms with Gasteiger partial charge in [0, 0.05) is 5.39 Å². The van der Waals surface area contributed by atoms with E-state index < -0.39 is 5.97 Å². The van der Waals surface area contributed by atoms with Crippen molar-refractivity contribution in [2.75, 3.05) is 6.61 Å². The summed E-state index contributed by atoms with van der Waals surface area (Å²) in [4.78, 5) is 11.5. The predicted molar refractivity (Wildman–Crippen MR) is 64.9 cm³/mol. The van der Waals surface area contributed by atoms with Crippen LogP contribution in [-0.2, 0) is 4.74 Å². The topological polar surface area (TPSA) is 39.4 Å². The highest BCUT2D eigenvalue weighted by atomic mass is 127. The fraction of sp³-hybridized carbons (Fsp3) is 0.182. The summed E-state index contributed by atoms with van der Waals surface area (Å²) in [6.07, 6.45) is 0. The molecule has 0 amide bonds. The fourth-order valence-corrected chi connectivity index (χ4v) is 2.12. The maximum atomic E-state index is 11.5. The number of para-hydroxylation sites is 1. The average Bonchev–Trinajstić information content (AvgIpc) is 2.57. The predicted octanol–water partition coefficient (Wildman–Crippen LogP) is 3.21. The van der Waals surface area contributed by atoms with Gasteiger partial charge in [-0.1, -0.05) is 18.2 Å². The van der Waals surface area contributed by atoms with Gasteiger partial charge in [0.2, 0.25) is 5.76 Å². The van der Waals surface area contributed by atoms with Crippen LogP contribution in [0.2, 0.25) is 0 Å². The molecule has 0 N–H and O–H groups in total. The Kier molecular flexibility index (Phi) is 2.95. The summed E-state index contributed by atoms with van der Waals surface area (Å²) in [5.74, 6) is -0.114. The Morgan fingerprint density at radius 3 is 2.87 bits per heavy atom. The Labute approximate surface area is 101 Å². The van der Waals surface area contributed by atoms with E-state index in [2.05, 4.69) is 22.6 Å². The summed E-state index contributed by atoms with van der Waals surface area (Å²) in [5.41, 5.74) is 0.713. The van der Waals surface area contributed by atoms with E-state index in [0.717, 1.165) is 8.96 Å². The summed E-state index contributed by atoms with van der Waals surface area (Å²) in [6.45, 7) is 2.12. The van der Waals surface area contributed by atoms with E-state index in [9.17, 15) is 4.79 Å². The summed E-state index contributed by atoms with van der Waals surface area (Å²) in [5, 5.41) is 0.946. The third-order valence-corrected chi connectivity index (χ3v) is 3.07. The SMILES string of the molecule is CCOC(=O)c1oc2ccccc2c1I. The molecule has 0 aliphatic carbocycles. The molecule has 0 spiro atoms. The van der Waals surface area contributed by atoms with E-state index in [0.29, 0.717) is 18.0 Å². The van der Waals surface area contributed by atoms with Crippen LogP contribution in [0.3, 0.4) is 0 Å². The van der Waals surface area contributed by atoms with Crippen molar-refractivity contribution >= 4 is 39.5 Å². The molecule has 15 heavy (non-hydrogen) atoms. The van der Waals surface area contributed by atoms with Crippen LogP contribution in [0.1, 0.15) is 17.5 Å². The van der Waals surface area contributed by atoms with Crippen LogP contribution >= 0.6 is 22.6 Å². The second-order valence-electron chi connectivity index (χ2n) is 2.96. The number of hydrogen-bond acceptors (Lipinski definition) is 3. The van der Waals surface area contributed by atoms with Crippen molar-refractivity contribution in [1.29, 1.82) is 0 Å². The molecule has 0 saturated carbocycles. The fourth-order valence-electron chi connectivity index (χ4n) is 1.34. The lowest BCUT2D eigenvalue weighted by Gasteiger charge is -1.97. The molecule has 4 heteroatoms. The van der Waals surface area contributed by atoms with Crippen molar-refractivity contribution in [2.24, 2.45) is 0 Å². The van der Waals surface area contributed by atoms with Crippen molar-refractivity contribution in [1.82, 2.24) is 0 Å². The van der Waals surface area contributed by atoms with Crippen LogP contribution in [0.4, 0.5) is 0 Å². The number of carbonyl (C=O) groups is 1. The smallest absolute Gasteiger partial charge is 0.375 e. The normalized spacial score (nSPS) is 10.5. The Balaban J connectivity index is 2.53. The van der Waals surface area contributed by atoms with Gasteiger partial charge < -0.3 is 9.15 Å². The summed E-state index contributed by atoms with van der Waals surface area (Å²) < 4.78 is 11.1. The molecule has 3 nitrogen and oxygen atoms in total. The molecule has 0 saturated heterocycles. The zero-order valence-corrected chi connectivity index (χ0v) is 10.3. The van der Waals surface area contributed by atoms with Gasteiger partial charge in [-0.15, -0.1) is 0 Å². The van der Waals surface area contributed by atoms with Gasteiger partial charge in [-0.3, -0.25) is 0 Å². The summed E-state index contributed by atoms with van der Waals surface area (Å²) in [7, 11) is 0. The van der Waals surface area contributed by atoms with E-state index in [1.807, 2.05) is 24.3 Å². The number of furan rings is 1. The molecule has 2 rings (SSSR count). The van der Waals surface area contributed by atoms with Gasteiger partial charge in [0.05, 0.1) is 10.2 Å². The second-order valence-corrected chi connectivity index (χ2v) is 4.04. The Bertz CT molecular complexity index is 502. The van der Waals surface area contributed by atoms with Crippen LogP contribution < -0.4 is 0 Å². The van der Waals surface area contributed by atoms with Crippen LogP contribution in [0.5, 0.6) is 0 Å². The number of esters is 1. The number of benzene rings is 1. The number of ether oxygens (including phenoxy) is 1. The Morgan fingerprint density at radius 1 is 1.47 bits per heavy atom. The lowest BCUT2D eigenvalue weighted by molar-refractivity contribution is 0.0491. The minimum absolute atomic E-state index is 0.290. The molecule has 1 heterocycles. The molecule has 0 radical (unpaired) electrons. The lowest BCUT2D eigenvalue weighted by atomic mass is 10.2. The maximum absolute atomic E-state index is 11.5. The first-order valence-corrected chi connectivity index (χ1v) is 5.66. The maximum Gasteiger partial charge on any atom is 0.375 e. The van der Waals surface area contributed by atoms with E-state index in [4.69, 9.17) is 9.15 Å². The minimum atomic E-state index is -0.405. The molecule has 0 atom stereocenters. The Morgan fingerprint density at radius 2 is 2.20 bits per heavy atom. The van der Waals surface area contributed by atoms with Gasteiger partial charge in [-0.2, -0.15) is 0 Å². The van der Waals surface area contributed by atoms with Gasteiger partial charge in [0.15, 0.2) is 0 Å². The molecule has 0 bridgehead atoms. The third kappa shape index (κ3) is 1.86. The highest BCUT2D eigenvalue weighted by molar-refractivity contribution is 14.1. The molecular formula is C11H9IO3. The first-order chi connectivity index (χ1) is 7.24. The second kappa shape index (κ2) is 4.22. The van der Waals surface area contributed by atoms with Gasteiger partial charge in [0.1, 0.15) is 5.58 Å². The quantitative estimate of drug-likeness (QED) is 0.631. The highest BCUT2D eigenvalue weighted by Gasteiger charge is 2.19. The third-order valence-electron chi connectivity index (χ3n) is 2.00. The number of carbonyl (C=O) groups excluding carboxylic acids is 1. The largest absolute Gasteiger partial charge is 0.460 e. The number of rotatable bonds is 2. The van der Waals surface area contributed by atoms with Gasteiger partial charge in [0.25, 0.3) is 0 Å². The molecule has 1 aromatic carbocycles. The van der Waals surface area contributed by atoms with Crippen LogP contribution in [0.15, 0.2) is 28.7 Å². The summed E-state index contributed by atoms with van der Waals surface area (Å²) in [6, 6.07) is 7.54. The zero-order valence-electron chi connectivity index (χ0n) is 8.12. The molecule has 0 unspecified atom stereocenters. The van der Waals surface area contributed by atoms with E-state index in [-0.39, 0.29) is 0 Å². The number of hydrogen-bond donors (Lipinski definition) is 0. The highest BCUT2D eigenvalue weighted by Crippen LogP contribution is 2.27. The van der Waals surface area contributed by atoms with Crippen molar-refractivity contribution in [3.8, 4) is 0 Å². The average molecular weight is 316 g/mol. The summed E-state index contributed by atoms with van der Waals surface area (Å²) >= 11 is 2.09. The first-order valence-electron chi connectivity index (χ1n) is 4.58. The zero-order chi connectivity index (χ0) is 10.8. The van der Waals surface area contributed by atoms with Crippen molar-refractivity contribution in [2.45, 2.75) is 6.92 Å². The van der Waals surface area contributed by atoms with Crippen molar-refractivity contribution < 1.29 is 13.9 Å². The van der Waals surface area contributed by atoms with Crippen LogP contribution in [0.25, 0.3) is 11.0 Å². The molecule has 2 aromatic rings. The molecule has 0 aliphatic heterocycles. The van der Waals surface area contributed by atoms with Crippen LogP contribution in [0, 0.1) is 3.57 Å².